The Morgan fingerprint density at radius 1 is 0.875 bits per heavy atom. The second kappa shape index (κ2) is 10.8. The molecule has 6 rings (SSSR count). The van der Waals surface area contributed by atoms with Crippen molar-refractivity contribution in [2.75, 3.05) is 11.4 Å². The van der Waals surface area contributed by atoms with Gasteiger partial charge in [-0.15, -0.1) is 0 Å². The maximum atomic E-state index is 9.76. The summed E-state index contributed by atoms with van der Waals surface area (Å²) in [5.41, 5.74) is 6.66. The highest BCUT2D eigenvalue weighted by Gasteiger charge is 2.40. The number of anilines is 2. The van der Waals surface area contributed by atoms with Crippen molar-refractivity contribution in [1.82, 2.24) is 0 Å². The largest absolute Gasteiger partial charge is 0.478 e. The van der Waals surface area contributed by atoms with Crippen molar-refractivity contribution in [2.24, 2.45) is 0 Å². The van der Waals surface area contributed by atoms with Gasteiger partial charge in [0.15, 0.2) is 5.60 Å². The average Bonchev–Trinajstić information content (AvgIpc) is 3.45. The quantitative estimate of drug-likeness (QED) is 0.197. The molecule has 0 atom stereocenters. The molecule has 0 saturated heterocycles. The molecule has 0 radical (unpaired) electrons. The molecule has 2 heterocycles. The molecule has 0 bridgehead atoms. The molecule has 0 N–H and O–H groups in total. The first-order valence-corrected chi connectivity index (χ1v) is 13.4. The Labute approximate surface area is 235 Å². The molecule has 0 aliphatic carbocycles. The van der Waals surface area contributed by atoms with Crippen LogP contribution in [0.5, 0.6) is 0 Å². The third kappa shape index (κ3) is 4.68. The van der Waals surface area contributed by atoms with Crippen LogP contribution >= 0.6 is 0 Å². The highest BCUT2D eigenvalue weighted by atomic mass is 16.5. The number of fused-ring (bicyclic) bond motifs is 1. The van der Waals surface area contributed by atoms with Crippen molar-refractivity contribution in [3.8, 4) is 6.07 Å². The number of rotatable bonds is 5. The van der Waals surface area contributed by atoms with Crippen LogP contribution in [0.1, 0.15) is 28.7 Å². The predicted octanol–water partition coefficient (Wildman–Crippen LogP) is 8.34. The summed E-state index contributed by atoms with van der Waals surface area (Å²) in [6, 6.07) is 39.2. The van der Waals surface area contributed by atoms with Crippen LogP contribution in [0.4, 0.5) is 11.4 Å². The van der Waals surface area contributed by atoms with Crippen LogP contribution in [0.15, 0.2) is 138 Å². The molecule has 0 unspecified atom stereocenters. The highest BCUT2D eigenvalue weighted by Crippen LogP contribution is 2.45. The Balaban J connectivity index is 1.38. The van der Waals surface area contributed by atoms with Gasteiger partial charge in [-0.25, -0.2) is 10.1 Å². The van der Waals surface area contributed by atoms with Gasteiger partial charge in [0.25, 0.3) is 5.70 Å². The summed E-state index contributed by atoms with van der Waals surface area (Å²) in [7, 11) is 0. The number of ether oxygens (including phenoxy) is 1. The molecule has 0 spiro atoms. The van der Waals surface area contributed by atoms with E-state index in [1.54, 1.807) is 0 Å². The average molecular weight is 518 g/mol. The zero-order valence-electron chi connectivity index (χ0n) is 22.0. The van der Waals surface area contributed by atoms with Crippen LogP contribution in [-0.2, 0) is 16.8 Å². The van der Waals surface area contributed by atoms with Gasteiger partial charge in [-0.2, -0.15) is 0 Å². The van der Waals surface area contributed by atoms with Crippen molar-refractivity contribution >= 4 is 17.5 Å². The van der Waals surface area contributed by atoms with Crippen molar-refractivity contribution < 1.29 is 4.74 Å². The summed E-state index contributed by atoms with van der Waals surface area (Å²) in [5, 5.41) is 9.76. The van der Waals surface area contributed by atoms with Crippen LogP contribution in [0.3, 0.4) is 0 Å². The van der Waals surface area contributed by atoms with Crippen LogP contribution < -0.4 is 4.90 Å². The molecule has 4 aromatic rings. The highest BCUT2D eigenvalue weighted by molar-refractivity contribution is 5.72. The van der Waals surface area contributed by atoms with Gasteiger partial charge in [-0.1, -0.05) is 91.0 Å². The summed E-state index contributed by atoms with van der Waals surface area (Å²) < 4.78 is 6.82. The van der Waals surface area contributed by atoms with Gasteiger partial charge in [0.2, 0.25) is 0 Å². The van der Waals surface area contributed by atoms with Crippen LogP contribution in [-0.4, -0.2) is 6.54 Å². The van der Waals surface area contributed by atoms with Gasteiger partial charge in [0.05, 0.1) is 12.6 Å². The number of para-hydroxylation sites is 1. The fourth-order valence-electron chi connectivity index (χ4n) is 5.64. The molecule has 4 aromatic carbocycles. The molecule has 4 nitrogen and oxygen atoms in total. The van der Waals surface area contributed by atoms with E-state index in [0.29, 0.717) is 17.8 Å². The monoisotopic (exact) mass is 517 g/mol. The fraction of sp³-hybridized carbons (Fsp3) is 0.111. The van der Waals surface area contributed by atoms with E-state index in [1.165, 1.54) is 16.9 Å². The lowest BCUT2D eigenvalue weighted by Crippen LogP contribution is -2.34. The minimum atomic E-state index is -0.868. The third-order valence-electron chi connectivity index (χ3n) is 7.56. The SMILES string of the molecule is [C-]#[N+]C(C#N)=C1C=C(C=Cc2ccc3c(c2)CCN3c2ccccc2)OC(c2ccccc2)(c2ccccc2)C1. The number of benzene rings is 4. The van der Waals surface area contributed by atoms with E-state index in [2.05, 4.69) is 58.3 Å². The van der Waals surface area contributed by atoms with Crippen LogP contribution in [0.25, 0.3) is 10.9 Å². The first kappa shape index (κ1) is 25.0. The van der Waals surface area contributed by atoms with Crippen molar-refractivity contribution in [1.29, 1.82) is 5.26 Å². The lowest BCUT2D eigenvalue weighted by atomic mass is 9.79. The Hall–Kier alpha value is -5.32. The summed E-state index contributed by atoms with van der Waals surface area (Å²) in [5.74, 6) is 0.608. The zero-order chi connectivity index (χ0) is 27.4. The Morgan fingerprint density at radius 3 is 2.15 bits per heavy atom. The van der Waals surface area contributed by atoms with Gasteiger partial charge >= 0.3 is 0 Å². The number of hydrogen-bond donors (Lipinski definition) is 0. The first-order chi connectivity index (χ1) is 19.7. The van der Waals surface area contributed by atoms with Crippen molar-refractivity contribution in [2.45, 2.75) is 18.4 Å². The van der Waals surface area contributed by atoms with E-state index in [-0.39, 0.29) is 5.70 Å². The minimum absolute atomic E-state index is 0.0870. The number of nitrogens with zero attached hydrogens (tertiary/aromatic N) is 3. The Bertz CT molecular complexity index is 1650. The summed E-state index contributed by atoms with van der Waals surface area (Å²) in [6.07, 6.45) is 7.20. The van der Waals surface area contributed by atoms with E-state index in [0.717, 1.165) is 29.7 Å². The molecule has 40 heavy (non-hydrogen) atoms. The zero-order valence-corrected chi connectivity index (χ0v) is 22.0. The number of allylic oxidation sites excluding steroid dienone is 3. The van der Waals surface area contributed by atoms with Gasteiger partial charge in [-0.3, -0.25) is 0 Å². The minimum Gasteiger partial charge on any atom is -0.478 e. The summed E-state index contributed by atoms with van der Waals surface area (Å²) >= 11 is 0. The van der Waals surface area contributed by atoms with Crippen LogP contribution in [0, 0.1) is 17.9 Å². The van der Waals surface area contributed by atoms with E-state index in [9.17, 15) is 5.26 Å². The Kier molecular flexibility index (Phi) is 6.75. The molecule has 2 aliphatic rings. The molecule has 192 valence electrons. The van der Waals surface area contributed by atoms with E-state index in [1.807, 2.05) is 85.0 Å². The Morgan fingerprint density at radius 2 is 1.52 bits per heavy atom. The molecule has 4 heteroatoms. The maximum absolute atomic E-state index is 9.76. The second-order valence-corrected chi connectivity index (χ2v) is 9.94. The maximum Gasteiger partial charge on any atom is 0.265 e. The molecule has 0 aromatic heterocycles. The normalized spacial score (nSPS) is 16.9. The molecule has 2 aliphatic heterocycles. The van der Waals surface area contributed by atoms with E-state index in [4.69, 9.17) is 11.3 Å². The van der Waals surface area contributed by atoms with Gasteiger partial charge in [0, 0.05) is 35.5 Å². The number of nitriles is 1. The van der Waals surface area contributed by atoms with Crippen LogP contribution in [0.2, 0.25) is 0 Å². The van der Waals surface area contributed by atoms with Crippen molar-refractivity contribution in [3.05, 3.63) is 172 Å². The fourth-order valence-corrected chi connectivity index (χ4v) is 5.64. The lowest BCUT2D eigenvalue weighted by Gasteiger charge is -2.39. The second-order valence-electron chi connectivity index (χ2n) is 9.94. The summed E-state index contributed by atoms with van der Waals surface area (Å²) in [6.45, 7) is 8.60. The van der Waals surface area contributed by atoms with Gasteiger partial charge < -0.3 is 9.64 Å². The predicted molar refractivity (Wildman–Crippen MR) is 159 cm³/mol. The molecular weight excluding hydrogens is 490 g/mol. The first-order valence-electron chi connectivity index (χ1n) is 13.4. The van der Waals surface area contributed by atoms with Crippen molar-refractivity contribution in [3.63, 3.8) is 0 Å². The standard InChI is InChI=1S/C36H27N3O/c1-38-34(26-37)29-24-33(40-36(25-29,30-11-5-2-6-12-30)31-13-7-3-8-14-31)19-17-27-18-20-35-28(23-27)21-22-39(35)32-15-9-4-10-16-32/h2-20,23-24H,21-22,25H2. The molecule has 0 fully saturated rings. The molecule has 0 saturated carbocycles. The molecular formula is C36H27N3O. The summed E-state index contributed by atoms with van der Waals surface area (Å²) in [4.78, 5) is 5.90. The van der Waals surface area contributed by atoms with E-state index >= 15 is 0 Å². The number of hydrogen-bond acceptors (Lipinski definition) is 3. The lowest BCUT2D eigenvalue weighted by molar-refractivity contribution is 0.0348. The molecule has 0 amide bonds. The van der Waals surface area contributed by atoms with Gasteiger partial charge in [0.1, 0.15) is 5.76 Å². The van der Waals surface area contributed by atoms with Gasteiger partial charge in [-0.05, 0) is 59.5 Å². The van der Waals surface area contributed by atoms with E-state index < -0.39 is 5.60 Å². The third-order valence-corrected chi connectivity index (χ3v) is 7.56. The topological polar surface area (TPSA) is 40.6 Å². The smallest absolute Gasteiger partial charge is 0.265 e.